The van der Waals surface area contributed by atoms with Crippen LogP contribution in [0.5, 0.6) is 11.5 Å². The molecule has 0 unspecified atom stereocenters. The molecule has 3 aromatic carbocycles. The molecule has 3 atom stereocenters. The molecule has 0 radical (unpaired) electrons. The number of rotatable bonds is 16. The number of hydrogen-bond donors (Lipinski definition) is 6. The standard InChI is InChI=1S/C48H52F2N8O9S2/c1-7-69(65,66)56-30-13-15-38(67-39-14-12-29(49)18-35(39)50)32(19-30)34-24-57(6)46(63)41-33(34)21-36(54-41)44(61)51-17-16-40(60)55-43(48(3,4)5)47(64)58-23-31(59)20-37(58)45(62)52-22-27-8-10-28(11-9-27)42-26(2)53-25-68-42/h8-15,18-19,21,24-25,31,37,43,54,56,59H,7,16-17,20,22-23H2,1-6H3,(H,51,61)(H,52,62)(H,55,60)/t31-,37+,43-/m1/s1. The lowest BCUT2D eigenvalue weighted by molar-refractivity contribution is -0.144. The topological polar surface area (TPSA) is 234 Å². The van der Waals surface area contributed by atoms with Crippen molar-refractivity contribution < 1.29 is 46.2 Å². The maximum absolute atomic E-state index is 14.8. The van der Waals surface area contributed by atoms with Crippen LogP contribution in [0.3, 0.4) is 0 Å². The molecule has 17 nitrogen and oxygen atoms in total. The highest BCUT2D eigenvalue weighted by molar-refractivity contribution is 7.92. The van der Waals surface area contributed by atoms with Gasteiger partial charge in [-0.25, -0.2) is 22.2 Å². The van der Waals surface area contributed by atoms with Crippen LogP contribution >= 0.6 is 11.3 Å². The Labute approximate surface area is 400 Å². The quantitative estimate of drug-likeness (QED) is 0.0690. The molecule has 6 N–H and O–H groups in total. The van der Waals surface area contributed by atoms with Gasteiger partial charge in [-0.2, -0.15) is 0 Å². The number of H-pyrrole nitrogens is 1. The minimum atomic E-state index is -3.76. The van der Waals surface area contributed by atoms with Crippen LogP contribution in [0.4, 0.5) is 14.5 Å². The number of hydrogen-bond acceptors (Lipinski definition) is 11. The molecule has 1 aliphatic heterocycles. The first-order valence-corrected chi connectivity index (χ1v) is 24.5. The Morgan fingerprint density at radius 2 is 1.72 bits per heavy atom. The lowest BCUT2D eigenvalue weighted by Gasteiger charge is -2.35. The number of aliphatic hydroxyl groups is 1. The van der Waals surface area contributed by atoms with E-state index in [1.54, 1.807) is 26.3 Å². The van der Waals surface area contributed by atoms with Crippen LogP contribution in [0.1, 0.15) is 62.3 Å². The third-order valence-electron chi connectivity index (χ3n) is 11.6. The van der Waals surface area contributed by atoms with Crippen molar-refractivity contribution in [3.63, 3.8) is 0 Å². The zero-order valence-corrected chi connectivity index (χ0v) is 40.2. The van der Waals surface area contributed by atoms with Crippen LogP contribution in [0.15, 0.2) is 83.2 Å². The van der Waals surface area contributed by atoms with Crippen molar-refractivity contribution in [1.29, 1.82) is 0 Å². The Kier molecular flexibility index (Phi) is 14.7. The molecule has 364 valence electrons. The van der Waals surface area contributed by atoms with Crippen LogP contribution in [-0.2, 0) is 38.0 Å². The number of carbonyl (C=O) groups excluding carboxylic acids is 4. The number of thiazole rings is 1. The van der Waals surface area contributed by atoms with Crippen LogP contribution in [0.25, 0.3) is 32.5 Å². The number of β-amino-alcohol motifs (C(OH)–C–C–N with tert-alkyl or cyclic N) is 1. The van der Waals surface area contributed by atoms with Crippen LogP contribution in [-0.4, -0.2) is 93.6 Å². The summed E-state index contributed by atoms with van der Waals surface area (Å²) in [7, 11) is -2.30. The van der Waals surface area contributed by atoms with E-state index in [0.717, 1.165) is 33.8 Å². The van der Waals surface area contributed by atoms with Gasteiger partial charge in [-0.15, -0.1) is 11.3 Å². The average molecular weight is 987 g/mol. The molecule has 0 bridgehead atoms. The minimum Gasteiger partial charge on any atom is -0.454 e. The second kappa shape index (κ2) is 20.3. The maximum atomic E-state index is 14.8. The predicted octanol–water partition coefficient (Wildman–Crippen LogP) is 5.73. The first-order chi connectivity index (χ1) is 32.6. The maximum Gasteiger partial charge on any atom is 0.274 e. The number of aromatic amines is 1. The number of benzene rings is 3. The summed E-state index contributed by atoms with van der Waals surface area (Å²) >= 11 is 1.54. The average Bonchev–Trinajstić information content (AvgIpc) is 4.05. The number of aryl methyl sites for hydroxylation is 2. The molecule has 21 heteroatoms. The number of sulfonamides is 1. The van der Waals surface area contributed by atoms with E-state index in [0.29, 0.717) is 6.07 Å². The fourth-order valence-electron chi connectivity index (χ4n) is 7.89. The van der Waals surface area contributed by atoms with Gasteiger partial charge in [0.25, 0.3) is 11.5 Å². The van der Waals surface area contributed by atoms with E-state index in [1.165, 1.54) is 65.2 Å². The fourth-order valence-corrected chi connectivity index (χ4v) is 9.33. The number of aromatic nitrogens is 3. The molecule has 0 spiro atoms. The Bertz CT molecular complexity index is 3110. The molecule has 1 fully saturated rings. The molecular weight excluding hydrogens is 935 g/mol. The number of halogens is 2. The Morgan fingerprint density at radius 1 is 1.00 bits per heavy atom. The summed E-state index contributed by atoms with van der Waals surface area (Å²) in [5.41, 5.74) is 3.65. The van der Waals surface area contributed by atoms with E-state index >= 15 is 0 Å². The minimum absolute atomic E-state index is 0.00473. The van der Waals surface area contributed by atoms with Crippen LogP contribution in [0.2, 0.25) is 0 Å². The SMILES string of the molecule is CCS(=O)(=O)Nc1ccc(Oc2ccc(F)cc2F)c(-c2cn(C)c(=O)c3[nH]c(C(=O)NCCC(=O)N[C@H](C(=O)N4C[C@H](O)C[C@H]4C(=O)NCc4ccc(-c5scnc5C)cc4)C(C)(C)C)cc23)c1. The summed E-state index contributed by atoms with van der Waals surface area (Å²) in [5.74, 6) is -4.70. The van der Waals surface area contributed by atoms with Gasteiger partial charge in [-0.3, -0.25) is 28.7 Å². The van der Waals surface area contributed by atoms with Crippen molar-refractivity contribution in [2.24, 2.45) is 12.5 Å². The molecule has 0 aliphatic carbocycles. The summed E-state index contributed by atoms with van der Waals surface area (Å²) < 4.78 is 63.1. The number of pyridine rings is 1. The van der Waals surface area contributed by atoms with Gasteiger partial charge in [0.15, 0.2) is 11.6 Å². The molecule has 3 aromatic heterocycles. The smallest absolute Gasteiger partial charge is 0.274 e. The zero-order chi connectivity index (χ0) is 49.9. The van der Waals surface area contributed by atoms with Crippen LogP contribution in [0, 0.1) is 24.0 Å². The number of amides is 4. The second-order valence-electron chi connectivity index (χ2n) is 17.8. The van der Waals surface area contributed by atoms with Gasteiger partial charge in [0.05, 0.1) is 27.9 Å². The van der Waals surface area contributed by atoms with E-state index in [-0.39, 0.29) is 83.1 Å². The summed E-state index contributed by atoms with van der Waals surface area (Å²) in [6, 6.07) is 13.9. The number of nitrogens with one attached hydrogen (secondary N) is 5. The molecule has 4 heterocycles. The summed E-state index contributed by atoms with van der Waals surface area (Å²) in [4.78, 5) is 77.6. The molecule has 69 heavy (non-hydrogen) atoms. The number of carbonyl (C=O) groups is 4. The summed E-state index contributed by atoms with van der Waals surface area (Å²) in [6.07, 6.45) is 0.208. The van der Waals surface area contributed by atoms with E-state index in [9.17, 15) is 46.3 Å². The number of nitrogens with zero attached hydrogens (tertiary/aromatic N) is 3. The largest absolute Gasteiger partial charge is 0.454 e. The third-order valence-corrected chi connectivity index (χ3v) is 13.9. The van der Waals surface area contributed by atoms with Crippen molar-refractivity contribution in [3.8, 4) is 33.1 Å². The van der Waals surface area contributed by atoms with Gasteiger partial charge in [0.2, 0.25) is 27.7 Å². The Balaban J connectivity index is 1.03. The van der Waals surface area contributed by atoms with Crippen molar-refractivity contribution in [3.05, 3.63) is 117 Å². The monoisotopic (exact) mass is 986 g/mol. The number of anilines is 1. The van der Waals surface area contributed by atoms with Crippen molar-refractivity contribution in [2.75, 3.05) is 23.6 Å². The highest BCUT2D eigenvalue weighted by atomic mass is 32.2. The van der Waals surface area contributed by atoms with Gasteiger partial charge >= 0.3 is 0 Å². The second-order valence-corrected chi connectivity index (χ2v) is 20.6. The highest BCUT2D eigenvalue weighted by Crippen LogP contribution is 2.40. The van der Waals surface area contributed by atoms with Gasteiger partial charge in [0.1, 0.15) is 34.9 Å². The van der Waals surface area contributed by atoms with E-state index in [4.69, 9.17) is 4.74 Å². The molecular formula is C48H52F2N8O9S2. The number of fused-ring (bicyclic) bond motifs is 1. The molecule has 0 saturated carbocycles. The normalized spacial score (nSPS) is 15.5. The number of ether oxygens (including phenoxy) is 1. The zero-order valence-electron chi connectivity index (χ0n) is 38.6. The van der Waals surface area contributed by atoms with Gasteiger partial charge in [0, 0.05) is 74.0 Å². The third kappa shape index (κ3) is 11.5. The Morgan fingerprint density at radius 3 is 2.39 bits per heavy atom. The van der Waals surface area contributed by atoms with Crippen molar-refractivity contribution >= 4 is 61.6 Å². The van der Waals surface area contributed by atoms with E-state index < -0.39 is 74.4 Å². The number of aliphatic hydroxyl groups excluding tert-OH is 1. The highest BCUT2D eigenvalue weighted by Gasteiger charge is 2.44. The van der Waals surface area contributed by atoms with Crippen molar-refractivity contribution in [2.45, 2.75) is 72.2 Å². The molecule has 1 aliphatic rings. The predicted molar refractivity (Wildman–Crippen MR) is 257 cm³/mol. The molecule has 6 aromatic rings. The van der Waals surface area contributed by atoms with Gasteiger partial charge in [-0.05, 0) is 66.8 Å². The fraction of sp³-hybridized carbons (Fsp3) is 0.333. The first-order valence-electron chi connectivity index (χ1n) is 22.0. The van der Waals surface area contributed by atoms with E-state index in [2.05, 4.69) is 30.6 Å². The molecule has 7 rings (SSSR count). The van der Waals surface area contributed by atoms with Gasteiger partial charge < -0.3 is 40.2 Å². The summed E-state index contributed by atoms with van der Waals surface area (Å²) in [6.45, 7) is 8.51. The van der Waals surface area contributed by atoms with Gasteiger partial charge in [-0.1, -0.05) is 45.0 Å². The number of likely N-dealkylation sites (tertiary alicyclic amines) is 1. The van der Waals surface area contributed by atoms with E-state index in [1.807, 2.05) is 31.2 Å². The first kappa shape index (κ1) is 49.9. The van der Waals surface area contributed by atoms with Crippen LogP contribution < -0.4 is 31.0 Å². The lowest BCUT2D eigenvalue weighted by atomic mass is 9.85. The summed E-state index contributed by atoms with van der Waals surface area (Å²) in [5, 5.41) is 19.1. The Hall–Kier alpha value is -6.97. The molecule has 4 amide bonds. The molecule has 1 saturated heterocycles. The van der Waals surface area contributed by atoms with Crippen molar-refractivity contribution in [1.82, 2.24) is 35.4 Å². The lowest BCUT2D eigenvalue weighted by Crippen LogP contribution is -2.57.